The number of hydrogen-bond donors (Lipinski definition) is 2. The van der Waals surface area contributed by atoms with Crippen LogP contribution in [0.25, 0.3) is 0 Å². The normalized spacial score (nSPS) is 7.69. The van der Waals surface area contributed by atoms with Gasteiger partial charge in [0, 0.05) is 0 Å². The van der Waals surface area contributed by atoms with Gasteiger partial charge in [-0.25, -0.2) is 0 Å². The number of nitriles is 1. The van der Waals surface area contributed by atoms with E-state index >= 15 is 0 Å². The van der Waals surface area contributed by atoms with Gasteiger partial charge in [0.1, 0.15) is 6.07 Å². The van der Waals surface area contributed by atoms with Crippen LogP contribution in [0.4, 0.5) is 11.4 Å². The van der Waals surface area contributed by atoms with Crippen LogP contribution in [0.3, 0.4) is 0 Å². The van der Waals surface area contributed by atoms with Crippen molar-refractivity contribution in [1.29, 1.82) is 5.26 Å². The van der Waals surface area contributed by atoms with Gasteiger partial charge in [0.15, 0.2) is 0 Å². The van der Waals surface area contributed by atoms with Gasteiger partial charge < -0.3 is 11.5 Å². The number of nitrogens with two attached hydrogens (primary N) is 2. The summed E-state index contributed by atoms with van der Waals surface area (Å²) in [5, 5.41) is 8.84. The Labute approximate surface area is 93.5 Å². The van der Waals surface area contributed by atoms with Gasteiger partial charge in [-0.3, -0.25) is 0 Å². The fourth-order valence-electron chi connectivity index (χ4n) is 0.691. The molecule has 1 aromatic rings. The summed E-state index contributed by atoms with van der Waals surface area (Å²) >= 11 is 5.64. The van der Waals surface area contributed by atoms with Crippen molar-refractivity contribution in [2.75, 3.05) is 11.5 Å². The average Bonchev–Trinajstić information content (AvgIpc) is 1.97. The van der Waals surface area contributed by atoms with E-state index in [1.54, 1.807) is 0 Å². The molecule has 0 unspecified atom stereocenters. The molecule has 0 heterocycles. The van der Waals surface area contributed by atoms with Crippen LogP contribution in [0.2, 0.25) is 5.02 Å². The molecule has 1 aromatic carbocycles. The first-order chi connectivity index (χ1) is 5.15. The van der Waals surface area contributed by atoms with Crippen LogP contribution in [-0.4, -0.2) is 0 Å². The topological polar surface area (TPSA) is 75.8 Å². The fraction of sp³-hybridized carbons (Fsp3) is 0. The molecule has 72 valence electrons. The van der Waals surface area contributed by atoms with Gasteiger partial charge in [0.05, 0.1) is 22.0 Å². The maximum absolute atomic E-state index is 8.50. The number of nitrogens with zero attached hydrogens (tertiary/aromatic N) is 1. The van der Waals surface area contributed by atoms with Gasteiger partial charge in [-0.2, -0.15) is 5.26 Å². The molecule has 0 saturated heterocycles. The zero-order chi connectivity index (χ0) is 8.43. The molecule has 13 heavy (non-hydrogen) atoms. The van der Waals surface area contributed by atoms with Crippen molar-refractivity contribution < 1.29 is 0 Å². The lowest BCUT2D eigenvalue weighted by Gasteiger charge is -2.00. The minimum atomic E-state index is 0. The van der Waals surface area contributed by atoms with Crippen molar-refractivity contribution in [3.05, 3.63) is 22.7 Å². The molecule has 3 nitrogen and oxygen atoms in total. The zero-order valence-electron chi connectivity index (χ0n) is 6.45. The third kappa shape index (κ3) is 3.19. The first-order valence-electron chi connectivity index (χ1n) is 2.89. The van der Waals surface area contributed by atoms with Gasteiger partial charge in [0.25, 0.3) is 0 Å². The number of hydrogen-bond acceptors (Lipinski definition) is 3. The van der Waals surface area contributed by atoms with E-state index in [1.807, 2.05) is 6.07 Å². The summed E-state index contributed by atoms with van der Waals surface area (Å²) in [5.74, 6) is 0. The monoisotopic (exact) mass is 239 g/mol. The van der Waals surface area contributed by atoms with E-state index < -0.39 is 0 Å². The van der Waals surface area contributed by atoms with Gasteiger partial charge in [-0.1, -0.05) is 11.6 Å². The Bertz CT molecular complexity index is 332. The van der Waals surface area contributed by atoms with E-state index in [-0.39, 0.29) is 24.8 Å². The molecular weight excluding hydrogens is 232 g/mol. The molecule has 1 rings (SSSR count). The maximum Gasteiger partial charge on any atom is 0.101 e. The third-order valence-corrected chi connectivity index (χ3v) is 1.61. The van der Waals surface area contributed by atoms with Crippen molar-refractivity contribution in [3.63, 3.8) is 0 Å². The van der Waals surface area contributed by atoms with Crippen molar-refractivity contribution >= 4 is 47.8 Å². The molecule has 6 heteroatoms. The standard InChI is InChI=1S/C7H6ClN3.2ClH/c8-5-2-7(11)6(10)1-4(5)3-9;;/h1-2H,10-11H2;2*1H. The fourth-order valence-corrected chi connectivity index (χ4v) is 0.905. The van der Waals surface area contributed by atoms with E-state index in [4.69, 9.17) is 28.3 Å². The number of benzene rings is 1. The second-order valence-corrected chi connectivity index (χ2v) is 2.48. The smallest absolute Gasteiger partial charge is 0.101 e. The highest BCUT2D eigenvalue weighted by Crippen LogP contribution is 2.23. The number of nitrogen functional groups attached to an aromatic ring is 2. The lowest BCUT2D eigenvalue weighted by atomic mass is 10.2. The molecule has 0 aliphatic rings. The van der Waals surface area contributed by atoms with Gasteiger partial charge in [0.2, 0.25) is 0 Å². The largest absolute Gasteiger partial charge is 0.397 e. The summed E-state index contributed by atoms with van der Waals surface area (Å²) in [6.07, 6.45) is 0. The molecule has 0 aliphatic heterocycles. The third-order valence-electron chi connectivity index (χ3n) is 1.29. The lowest BCUT2D eigenvalue weighted by Crippen LogP contribution is -1.95. The first-order valence-corrected chi connectivity index (χ1v) is 3.27. The number of halogens is 3. The predicted octanol–water partition coefficient (Wildman–Crippen LogP) is 2.22. The molecule has 4 N–H and O–H groups in total. The molecule has 0 saturated carbocycles. The number of rotatable bonds is 0. The summed E-state index contributed by atoms with van der Waals surface area (Å²) < 4.78 is 0. The van der Waals surface area contributed by atoms with Crippen LogP contribution in [-0.2, 0) is 0 Å². The molecule has 0 amide bonds. The van der Waals surface area contributed by atoms with E-state index in [1.165, 1.54) is 12.1 Å². The summed E-state index contributed by atoms with van der Waals surface area (Å²) in [5.41, 5.74) is 12.0. The van der Waals surface area contributed by atoms with E-state index in [0.29, 0.717) is 22.0 Å². The molecule has 0 fully saturated rings. The molecule has 0 atom stereocenters. The van der Waals surface area contributed by atoms with Gasteiger partial charge in [-0.15, -0.1) is 24.8 Å². The number of anilines is 2. The highest BCUT2D eigenvalue weighted by Gasteiger charge is 2.02. The molecule has 0 bridgehead atoms. The summed E-state index contributed by atoms with van der Waals surface area (Å²) in [6, 6.07) is 4.82. The van der Waals surface area contributed by atoms with Crippen molar-refractivity contribution in [2.24, 2.45) is 0 Å². The SMILES string of the molecule is Cl.Cl.N#Cc1cc(N)c(N)cc1Cl. The second kappa shape index (κ2) is 5.76. The van der Waals surface area contributed by atoms with Crippen LogP contribution in [0.5, 0.6) is 0 Å². The Hall–Kier alpha value is -0.820. The van der Waals surface area contributed by atoms with Crippen molar-refractivity contribution in [1.82, 2.24) is 0 Å². The van der Waals surface area contributed by atoms with Crippen LogP contribution >= 0.6 is 36.4 Å². The maximum atomic E-state index is 8.50. The highest BCUT2D eigenvalue weighted by atomic mass is 35.5. The quantitative estimate of drug-likeness (QED) is 0.683. The summed E-state index contributed by atoms with van der Waals surface area (Å²) in [7, 11) is 0. The average molecular weight is 241 g/mol. The summed E-state index contributed by atoms with van der Waals surface area (Å²) in [4.78, 5) is 0. The van der Waals surface area contributed by atoms with E-state index in [9.17, 15) is 0 Å². The lowest BCUT2D eigenvalue weighted by molar-refractivity contribution is 1.48. The first kappa shape index (κ1) is 14.7. The van der Waals surface area contributed by atoms with Crippen molar-refractivity contribution in [3.8, 4) is 6.07 Å². The van der Waals surface area contributed by atoms with E-state index in [2.05, 4.69) is 0 Å². The van der Waals surface area contributed by atoms with Crippen LogP contribution in [0.15, 0.2) is 12.1 Å². The predicted molar refractivity (Wildman–Crippen MR) is 59.5 cm³/mol. The molecule has 0 spiro atoms. The minimum absolute atomic E-state index is 0. The Morgan fingerprint density at radius 2 is 1.62 bits per heavy atom. The zero-order valence-corrected chi connectivity index (χ0v) is 8.84. The highest BCUT2D eigenvalue weighted by molar-refractivity contribution is 6.32. The molecule has 0 aliphatic carbocycles. The van der Waals surface area contributed by atoms with Crippen LogP contribution in [0, 0.1) is 11.3 Å². The Balaban J connectivity index is 0. The molecule has 0 aromatic heterocycles. The van der Waals surface area contributed by atoms with Crippen LogP contribution in [0.1, 0.15) is 5.56 Å². The molecular formula is C7H8Cl3N3. The van der Waals surface area contributed by atoms with Gasteiger partial charge in [-0.05, 0) is 12.1 Å². The summed E-state index contributed by atoms with van der Waals surface area (Å²) in [6.45, 7) is 0. The second-order valence-electron chi connectivity index (χ2n) is 2.07. The van der Waals surface area contributed by atoms with Gasteiger partial charge >= 0.3 is 0 Å². The Morgan fingerprint density at radius 3 is 2.08 bits per heavy atom. The van der Waals surface area contributed by atoms with E-state index in [0.717, 1.165) is 0 Å². The Morgan fingerprint density at radius 1 is 1.15 bits per heavy atom. The van der Waals surface area contributed by atoms with Crippen molar-refractivity contribution in [2.45, 2.75) is 0 Å². The molecule has 0 radical (unpaired) electrons. The minimum Gasteiger partial charge on any atom is -0.397 e. The van der Waals surface area contributed by atoms with Crippen LogP contribution < -0.4 is 11.5 Å². The Kier molecular flexibility index (Phi) is 6.51.